The van der Waals surface area contributed by atoms with Crippen LogP contribution in [0.25, 0.3) is 0 Å². The second kappa shape index (κ2) is 7.60. The second-order valence-electron chi connectivity index (χ2n) is 7.59. The Hall–Kier alpha value is -0.350. The van der Waals surface area contributed by atoms with Crippen LogP contribution < -0.4 is 5.32 Å². The number of hydrogen-bond acceptors (Lipinski definition) is 4. The lowest BCUT2D eigenvalue weighted by atomic mass is 9.81. The van der Waals surface area contributed by atoms with Crippen LogP contribution >= 0.6 is 11.8 Å². The minimum Gasteiger partial charge on any atom is -0.302 e. The Bertz CT molecular complexity index is 339. The predicted octanol–water partition coefficient (Wildman–Crippen LogP) is 3.32. The number of rotatable bonds is 7. The van der Waals surface area contributed by atoms with Gasteiger partial charge in [0.1, 0.15) is 5.78 Å². The standard InChI is InChI=1S/C16H31NO2S/c1-11(14(19)15(2,3)4)9-13(18)12(10-20-8)17-16(5,6)7/h11-12,17H,9-10H2,1-8H3/t11-,12+/m1/s1. The van der Waals surface area contributed by atoms with E-state index in [2.05, 4.69) is 26.1 Å². The maximum atomic E-state index is 12.4. The van der Waals surface area contributed by atoms with Crippen LogP contribution in [-0.2, 0) is 9.59 Å². The van der Waals surface area contributed by atoms with Gasteiger partial charge in [0, 0.05) is 29.0 Å². The van der Waals surface area contributed by atoms with Crippen LogP contribution in [-0.4, -0.2) is 35.2 Å². The third kappa shape index (κ3) is 7.44. The van der Waals surface area contributed by atoms with E-state index < -0.39 is 0 Å². The largest absolute Gasteiger partial charge is 0.302 e. The lowest BCUT2D eigenvalue weighted by molar-refractivity contribution is -0.133. The first-order valence-corrected chi connectivity index (χ1v) is 8.61. The average molecular weight is 301 g/mol. The number of nitrogens with one attached hydrogen (secondary N) is 1. The fourth-order valence-corrected chi connectivity index (χ4v) is 2.78. The molecule has 0 amide bonds. The minimum atomic E-state index is -0.383. The molecule has 2 atom stereocenters. The van der Waals surface area contributed by atoms with Crippen molar-refractivity contribution in [2.75, 3.05) is 12.0 Å². The molecule has 0 saturated carbocycles. The van der Waals surface area contributed by atoms with Crippen LogP contribution in [0.2, 0.25) is 0 Å². The maximum absolute atomic E-state index is 12.4. The lowest BCUT2D eigenvalue weighted by Gasteiger charge is -2.28. The monoisotopic (exact) mass is 301 g/mol. The highest BCUT2D eigenvalue weighted by atomic mass is 32.2. The molecular formula is C16H31NO2S. The number of Topliss-reactive ketones (excluding diaryl/α,β-unsaturated/α-hetero) is 2. The smallest absolute Gasteiger partial charge is 0.151 e. The van der Waals surface area contributed by atoms with Gasteiger partial charge in [0.25, 0.3) is 0 Å². The quantitative estimate of drug-likeness (QED) is 0.783. The molecule has 0 aliphatic carbocycles. The van der Waals surface area contributed by atoms with Crippen molar-refractivity contribution >= 4 is 23.3 Å². The fourth-order valence-electron chi connectivity index (χ4n) is 2.18. The molecular weight excluding hydrogens is 270 g/mol. The second-order valence-corrected chi connectivity index (χ2v) is 8.50. The van der Waals surface area contributed by atoms with Gasteiger partial charge in [-0.2, -0.15) is 11.8 Å². The molecule has 0 aromatic rings. The molecule has 118 valence electrons. The zero-order valence-electron chi connectivity index (χ0n) is 14.3. The van der Waals surface area contributed by atoms with Gasteiger partial charge in [-0.3, -0.25) is 9.59 Å². The molecule has 0 bridgehead atoms. The highest BCUT2D eigenvalue weighted by molar-refractivity contribution is 7.98. The van der Waals surface area contributed by atoms with Crippen molar-refractivity contribution in [3.8, 4) is 0 Å². The molecule has 0 unspecified atom stereocenters. The summed E-state index contributed by atoms with van der Waals surface area (Å²) in [6.07, 6.45) is 2.32. The van der Waals surface area contributed by atoms with E-state index in [-0.39, 0.29) is 34.5 Å². The van der Waals surface area contributed by atoms with Crippen LogP contribution in [0.1, 0.15) is 54.9 Å². The molecule has 0 saturated heterocycles. The zero-order valence-corrected chi connectivity index (χ0v) is 15.1. The van der Waals surface area contributed by atoms with E-state index in [0.29, 0.717) is 6.42 Å². The normalized spacial score (nSPS) is 15.8. The van der Waals surface area contributed by atoms with Gasteiger partial charge in [0.15, 0.2) is 5.78 Å². The van der Waals surface area contributed by atoms with Crippen molar-refractivity contribution in [3.63, 3.8) is 0 Å². The molecule has 1 N–H and O–H groups in total. The Morgan fingerprint density at radius 2 is 1.60 bits per heavy atom. The van der Waals surface area contributed by atoms with Gasteiger partial charge >= 0.3 is 0 Å². The number of hydrogen-bond donors (Lipinski definition) is 1. The Labute approximate surface area is 128 Å². The third-order valence-corrected chi connectivity index (χ3v) is 3.69. The number of carbonyl (C=O) groups excluding carboxylic acids is 2. The summed E-state index contributed by atoms with van der Waals surface area (Å²) in [6, 6.07) is -0.180. The van der Waals surface area contributed by atoms with Crippen molar-refractivity contribution in [2.45, 2.75) is 66.5 Å². The Morgan fingerprint density at radius 1 is 1.10 bits per heavy atom. The van der Waals surface area contributed by atoms with Gasteiger partial charge in [0.05, 0.1) is 6.04 Å². The van der Waals surface area contributed by atoms with E-state index in [1.54, 1.807) is 11.8 Å². The zero-order chi connectivity index (χ0) is 16.1. The average Bonchev–Trinajstić information content (AvgIpc) is 2.24. The molecule has 3 nitrogen and oxygen atoms in total. The first kappa shape index (κ1) is 19.7. The number of thioether (sulfide) groups is 1. The van der Waals surface area contributed by atoms with Crippen molar-refractivity contribution in [1.29, 1.82) is 0 Å². The first-order valence-electron chi connectivity index (χ1n) is 7.22. The molecule has 0 fully saturated rings. The fraction of sp³-hybridized carbons (Fsp3) is 0.875. The van der Waals surface area contributed by atoms with E-state index in [1.165, 1.54) is 0 Å². The number of ketones is 2. The molecule has 0 aliphatic heterocycles. The van der Waals surface area contributed by atoms with Crippen molar-refractivity contribution < 1.29 is 9.59 Å². The SMILES string of the molecule is CSC[C@H](NC(C)(C)C)C(=O)C[C@@H](C)C(=O)C(C)(C)C. The molecule has 0 radical (unpaired) electrons. The maximum Gasteiger partial charge on any atom is 0.151 e. The molecule has 4 heteroatoms. The van der Waals surface area contributed by atoms with Gasteiger partial charge in [0.2, 0.25) is 0 Å². The number of carbonyl (C=O) groups is 2. The topological polar surface area (TPSA) is 46.2 Å². The summed E-state index contributed by atoms with van der Waals surface area (Å²) in [5.41, 5.74) is -0.487. The summed E-state index contributed by atoms with van der Waals surface area (Å²) in [6.45, 7) is 13.7. The highest BCUT2D eigenvalue weighted by Gasteiger charge is 2.31. The van der Waals surface area contributed by atoms with Crippen molar-refractivity contribution in [1.82, 2.24) is 5.32 Å². The van der Waals surface area contributed by atoms with E-state index in [1.807, 2.05) is 34.0 Å². The minimum absolute atomic E-state index is 0.104. The van der Waals surface area contributed by atoms with E-state index in [9.17, 15) is 9.59 Å². The third-order valence-electron chi connectivity index (χ3n) is 3.02. The summed E-state index contributed by atoms with van der Waals surface area (Å²) in [7, 11) is 0. The summed E-state index contributed by atoms with van der Waals surface area (Å²) >= 11 is 1.65. The van der Waals surface area contributed by atoms with Crippen LogP contribution in [0.15, 0.2) is 0 Å². The molecule has 0 rings (SSSR count). The Morgan fingerprint density at radius 3 is 1.95 bits per heavy atom. The molecule has 0 aliphatic rings. The van der Waals surface area contributed by atoms with Crippen LogP contribution in [0.5, 0.6) is 0 Å². The summed E-state index contributed by atoms with van der Waals surface area (Å²) in [5, 5.41) is 3.36. The first-order chi connectivity index (χ1) is 8.88. The van der Waals surface area contributed by atoms with Gasteiger partial charge < -0.3 is 5.32 Å². The molecule has 0 spiro atoms. The van der Waals surface area contributed by atoms with Crippen molar-refractivity contribution in [3.05, 3.63) is 0 Å². The van der Waals surface area contributed by atoms with Gasteiger partial charge in [-0.25, -0.2) is 0 Å². The highest BCUT2D eigenvalue weighted by Crippen LogP contribution is 2.23. The van der Waals surface area contributed by atoms with Gasteiger partial charge in [-0.1, -0.05) is 27.7 Å². The Kier molecular flexibility index (Phi) is 7.47. The molecule has 0 aromatic heterocycles. The molecule has 20 heavy (non-hydrogen) atoms. The van der Waals surface area contributed by atoms with Crippen LogP contribution in [0.4, 0.5) is 0 Å². The van der Waals surface area contributed by atoms with Crippen LogP contribution in [0, 0.1) is 11.3 Å². The molecule has 0 heterocycles. The molecule has 0 aromatic carbocycles. The summed E-state index contributed by atoms with van der Waals surface area (Å²) in [4.78, 5) is 24.6. The summed E-state index contributed by atoms with van der Waals surface area (Å²) in [5.74, 6) is 0.824. The Balaban J connectivity index is 4.73. The lowest BCUT2D eigenvalue weighted by Crippen LogP contribution is -2.49. The van der Waals surface area contributed by atoms with E-state index in [0.717, 1.165) is 5.75 Å². The van der Waals surface area contributed by atoms with Crippen molar-refractivity contribution in [2.24, 2.45) is 11.3 Å². The van der Waals surface area contributed by atoms with E-state index in [4.69, 9.17) is 0 Å². The van der Waals surface area contributed by atoms with Gasteiger partial charge in [-0.05, 0) is 27.0 Å². The summed E-state index contributed by atoms with van der Waals surface area (Å²) < 4.78 is 0. The van der Waals surface area contributed by atoms with Crippen LogP contribution in [0.3, 0.4) is 0 Å². The van der Waals surface area contributed by atoms with E-state index >= 15 is 0 Å². The predicted molar refractivity (Wildman–Crippen MR) is 88.3 cm³/mol. The van der Waals surface area contributed by atoms with Gasteiger partial charge in [-0.15, -0.1) is 0 Å².